The number of aromatic nitrogens is 2. The van der Waals surface area contributed by atoms with E-state index in [0.717, 1.165) is 6.07 Å². The SMILES string of the molecule is COC(=O)c1c(O)cc(O)c(Cl)c1CC/C=C\C(=O)Nc1cnccn1. The smallest absolute Gasteiger partial charge is 0.341 e. The molecule has 0 radical (unpaired) electrons. The summed E-state index contributed by atoms with van der Waals surface area (Å²) in [7, 11) is 1.17. The Labute approximate surface area is 154 Å². The number of phenolic OH excluding ortho intramolecular Hbond substituents is 2. The number of benzene rings is 1. The number of halogens is 1. The number of hydrogen-bond donors (Lipinski definition) is 3. The average Bonchev–Trinajstić information content (AvgIpc) is 2.62. The molecule has 1 aromatic heterocycles. The predicted octanol–water partition coefficient (Wildman–Crippen LogP) is 2.46. The Morgan fingerprint density at radius 1 is 1.31 bits per heavy atom. The second kappa shape index (κ2) is 8.82. The van der Waals surface area contributed by atoms with E-state index in [1.807, 2.05) is 0 Å². The molecule has 0 atom stereocenters. The quantitative estimate of drug-likeness (QED) is 0.522. The molecule has 1 aromatic carbocycles. The van der Waals surface area contributed by atoms with E-state index in [-0.39, 0.29) is 28.3 Å². The second-order valence-corrected chi connectivity index (χ2v) is 5.47. The molecule has 0 aliphatic carbocycles. The lowest BCUT2D eigenvalue weighted by Crippen LogP contribution is -2.09. The summed E-state index contributed by atoms with van der Waals surface area (Å²) in [5.74, 6) is -1.64. The third-order valence-corrected chi connectivity index (χ3v) is 3.78. The molecular weight excluding hydrogens is 362 g/mol. The van der Waals surface area contributed by atoms with Crippen LogP contribution in [0.2, 0.25) is 5.02 Å². The van der Waals surface area contributed by atoms with Crippen LogP contribution < -0.4 is 5.32 Å². The first kappa shape index (κ1) is 19.2. The van der Waals surface area contributed by atoms with Crippen molar-refractivity contribution in [1.82, 2.24) is 9.97 Å². The maximum Gasteiger partial charge on any atom is 0.341 e. The van der Waals surface area contributed by atoms with Crippen molar-refractivity contribution in [2.24, 2.45) is 0 Å². The van der Waals surface area contributed by atoms with Gasteiger partial charge in [0.2, 0.25) is 5.91 Å². The summed E-state index contributed by atoms with van der Waals surface area (Å²) < 4.78 is 4.63. The van der Waals surface area contributed by atoms with E-state index < -0.39 is 17.6 Å². The summed E-state index contributed by atoms with van der Waals surface area (Å²) in [6.45, 7) is 0. The van der Waals surface area contributed by atoms with Gasteiger partial charge in [-0.3, -0.25) is 9.78 Å². The summed E-state index contributed by atoms with van der Waals surface area (Å²) in [6, 6.07) is 0.974. The van der Waals surface area contributed by atoms with Gasteiger partial charge in [-0.2, -0.15) is 0 Å². The minimum Gasteiger partial charge on any atom is -0.507 e. The Balaban J connectivity index is 2.07. The van der Waals surface area contributed by atoms with Crippen molar-refractivity contribution >= 4 is 29.3 Å². The first-order chi connectivity index (χ1) is 12.4. The molecule has 0 saturated carbocycles. The lowest BCUT2D eigenvalue weighted by Gasteiger charge is -2.12. The van der Waals surface area contributed by atoms with Crippen LogP contribution >= 0.6 is 11.6 Å². The van der Waals surface area contributed by atoms with E-state index in [0.29, 0.717) is 12.2 Å². The number of nitrogens with zero attached hydrogens (tertiary/aromatic N) is 2. The average molecular weight is 378 g/mol. The van der Waals surface area contributed by atoms with E-state index in [1.165, 1.54) is 31.8 Å². The molecule has 1 amide bonds. The number of esters is 1. The highest BCUT2D eigenvalue weighted by Gasteiger charge is 2.22. The highest BCUT2D eigenvalue weighted by molar-refractivity contribution is 6.33. The van der Waals surface area contributed by atoms with Gasteiger partial charge < -0.3 is 20.3 Å². The van der Waals surface area contributed by atoms with Crippen LogP contribution in [0, 0.1) is 0 Å². The van der Waals surface area contributed by atoms with Crippen LogP contribution in [0.25, 0.3) is 0 Å². The third kappa shape index (κ3) is 4.70. The van der Waals surface area contributed by atoms with Gasteiger partial charge >= 0.3 is 5.97 Å². The number of phenols is 2. The Bertz CT molecular complexity index is 840. The molecule has 0 saturated heterocycles. The Morgan fingerprint density at radius 3 is 2.73 bits per heavy atom. The summed E-state index contributed by atoms with van der Waals surface area (Å²) in [6.07, 6.45) is 7.71. The molecule has 1 heterocycles. The topological polar surface area (TPSA) is 122 Å². The summed E-state index contributed by atoms with van der Waals surface area (Å²) in [5.41, 5.74) is 0.114. The normalized spacial score (nSPS) is 10.7. The molecule has 3 N–H and O–H groups in total. The van der Waals surface area contributed by atoms with Crippen LogP contribution in [0.15, 0.2) is 36.8 Å². The number of nitrogens with one attached hydrogen (secondary N) is 1. The first-order valence-corrected chi connectivity index (χ1v) is 7.87. The molecular formula is C17H16ClN3O5. The molecule has 136 valence electrons. The Morgan fingerprint density at radius 2 is 2.08 bits per heavy atom. The number of amides is 1. The van der Waals surface area contributed by atoms with E-state index >= 15 is 0 Å². The zero-order valence-electron chi connectivity index (χ0n) is 13.8. The Kier molecular flexibility index (Phi) is 6.51. The zero-order valence-corrected chi connectivity index (χ0v) is 14.5. The van der Waals surface area contributed by atoms with Gasteiger partial charge in [0.05, 0.1) is 18.3 Å². The van der Waals surface area contributed by atoms with Crippen molar-refractivity contribution in [3.8, 4) is 11.5 Å². The fraction of sp³-hybridized carbons (Fsp3) is 0.176. The highest BCUT2D eigenvalue weighted by atomic mass is 35.5. The monoisotopic (exact) mass is 377 g/mol. The molecule has 0 unspecified atom stereocenters. The van der Waals surface area contributed by atoms with Crippen LogP contribution in [-0.4, -0.2) is 39.2 Å². The van der Waals surface area contributed by atoms with Gasteiger partial charge in [0.1, 0.15) is 17.1 Å². The van der Waals surface area contributed by atoms with Crippen LogP contribution in [0.5, 0.6) is 11.5 Å². The number of carbonyl (C=O) groups excluding carboxylic acids is 2. The van der Waals surface area contributed by atoms with E-state index in [2.05, 4.69) is 20.0 Å². The predicted molar refractivity (Wildman–Crippen MR) is 94.2 cm³/mol. The number of hydrogen-bond acceptors (Lipinski definition) is 7. The van der Waals surface area contributed by atoms with Gasteiger partial charge in [0.25, 0.3) is 0 Å². The largest absolute Gasteiger partial charge is 0.507 e. The third-order valence-electron chi connectivity index (χ3n) is 3.36. The molecule has 26 heavy (non-hydrogen) atoms. The van der Waals surface area contributed by atoms with Crippen LogP contribution in [-0.2, 0) is 16.0 Å². The number of anilines is 1. The fourth-order valence-corrected chi connectivity index (χ4v) is 2.44. The number of ether oxygens (including phenoxy) is 1. The van der Waals surface area contributed by atoms with E-state index in [1.54, 1.807) is 6.08 Å². The van der Waals surface area contributed by atoms with Crippen LogP contribution in [0.4, 0.5) is 5.82 Å². The lowest BCUT2D eigenvalue weighted by molar-refractivity contribution is -0.111. The molecule has 0 aliphatic rings. The van der Waals surface area contributed by atoms with Gasteiger partial charge in [-0.25, -0.2) is 9.78 Å². The molecule has 0 spiro atoms. The minimum absolute atomic E-state index is 0.0550. The Hall–Kier alpha value is -3.13. The summed E-state index contributed by atoms with van der Waals surface area (Å²) >= 11 is 6.03. The molecule has 2 rings (SSSR count). The van der Waals surface area contributed by atoms with Crippen molar-refractivity contribution in [3.05, 3.63) is 53.0 Å². The van der Waals surface area contributed by atoms with Gasteiger partial charge in [-0.15, -0.1) is 0 Å². The van der Waals surface area contributed by atoms with Gasteiger partial charge in [0.15, 0.2) is 5.82 Å². The summed E-state index contributed by atoms with van der Waals surface area (Å²) in [4.78, 5) is 31.4. The van der Waals surface area contributed by atoms with Crippen LogP contribution in [0.3, 0.4) is 0 Å². The first-order valence-electron chi connectivity index (χ1n) is 7.49. The van der Waals surface area contributed by atoms with Gasteiger partial charge in [-0.1, -0.05) is 17.7 Å². The second-order valence-electron chi connectivity index (χ2n) is 5.09. The molecule has 0 fully saturated rings. The van der Waals surface area contributed by atoms with Crippen LogP contribution in [0.1, 0.15) is 22.3 Å². The molecule has 2 aromatic rings. The van der Waals surface area contributed by atoms with Crippen molar-refractivity contribution in [2.45, 2.75) is 12.8 Å². The van der Waals surface area contributed by atoms with Crippen molar-refractivity contribution in [1.29, 1.82) is 0 Å². The number of carbonyl (C=O) groups is 2. The number of methoxy groups -OCH3 is 1. The van der Waals surface area contributed by atoms with Crippen molar-refractivity contribution < 1.29 is 24.5 Å². The minimum atomic E-state index is -0.774. The lowest BCUT2D eigenvalue weighted by atomic mass is 10.0. The van der Waals surface area contributed by atoms with Crippen molar-refractivity contribution in [2.75, 3.05) is 12.4 Å². The number of aromatic hydroxyl groups is 2. The fourth-order valence-electron chi connectivity index (χ4n) is 2.20. The molecule has 9 heteroatoms. The summed E-state index contributed by atoms with van der Waals surface area (Å²) in [5, 5.41) is 22.1. The maximum atomic E-state index is 11.8. The molecule has 0 aliphatic heterocycles. The van der Waals surface area contributed by atoms with E-state index in [4.69, 9.17) is 11.6 Å². The molecule has 0 bridgehead atoms. The number of allylic oxidation sites excluding steroid dienone is 1. The van der Waals surface area contributed by atoms with Gasteiger partial charge in [-0.05, 0) is 24.5 Å². The van der Waals surface area contributed by atoms with Crippen molar-refractivity contribution in [3.63, 3.8) is 0 Å². The molecule has 8 nitrogen and oxygen atoms in total. The maximum absolute atomic E-state index is 11.8. The standard InChI is InChI=1S/C17H16ClN3O5/c1-26-17(25)15-10(16(18)12(23)8-11(15)22)4-2-3-5-14(24)21-13-9-19-6-7-20-13/h3,5-9,22-23H,2,4H2,1H3,(H,20,21,24)/b5-3-. The highest BCUT2D eigenvalue weighted by Crippen LogP contribution is 2.37. The zero-order chi connectivity index (χ0) is 19.1. The van der Waals surface area contributed by atoms with E-state index in [9.17, 15) is 19.8 Å². The number of rotatable bonds is 6. The van der Waals surface area contributed by atoms with Gasteiger partial charge in [0, 0.05) is 18.5 Å².